The maximum atomic E-state index is 10.3. The molecule has 120 valence electrons. The Morgan fingerprint density at radius 3 is 2.61 bits per heavy atom. The number of hydrogen-bond donors (Lipinski definition) is 1. The fourth-order valence-electron chi connectivity index (χ4n) is 2.35. The molecular weight excluding hydrogens is 294 g/mol. The van der Waals surface area contributed by atoms with Gasteiger partial charge in [-0.05, 0) is 29.8 Å². The standard InChI is InChI=1S/C15H19N7O/c1-11(2)22-15(17-18-20-22)10-21-9-13(16-19-21)14(23)8-12-6-4-3-5-7-12/h3-7,9,11,14,23H,8,10H2,1-2H3. The fourth-order valence-corrected chi connectivity index (χ4v) is 2.35. The maximum Gasteiger partial charge on any atom is 0.173 e. The van der Waals surface area contributed by atoms with Gasteiger partial charge in [0.1, 0.15) is 18.3 Å². The van der Waals surface area contributed by atoms with Crippen molar-refractivity contribution >= 4 is 0 Å². The molecule has 0 spiro atoms. The highest BCUT2D eigenvalue weighted by molar-refractivity contribution is 5.17. The summed E-state index contributed by atoms with van der Waals surface area (Å²) in [5.74, 6) is 0.703. The topological polar surface area (TPSA) is 94.5 Å². The number of aliphatic hydroxyl groups is 1. The second-order valence-corrected chi connectivity index (χ2v) is 5.68. The Labute approximate surface area is 133 Å². The van der Waals surface area contributed by atoms with Crippen molar-refractivity contribution in [2.24, 2.45) is 0 Å². The molecule has 1 unspecified atom stereocenters. The molecule has 0 aliphatic rings. The number of rotatable bonds is 6. The average molecular weight is 313 g/mol. The van der Waals surface area contributed by atoms with Gasteiger partial charge in [0.15, 0.2) is 5.82 Å². The Bertz CT molecular complexity index is 750. The highest BCUT2D eigenvalue weighted by Crippen LogP contribution is 2.16. The van der Waals surface area contributed by atoms with Gasteiger partial charge in [0.2, 0.25) is 0 Å². The van der Waals surface area contributed by atoms with Crippen LogP contribution in [0.5, 0.6) is 0 Å². The number of aliphatic hydroxyl groups excluding tert-OH is 1. The van der Waals surface area contributed by atoms with Gasteiger partial charge in [-0.15, -0.1) is 10.2 Å². The summed E-state index contributed by atoms with van der Waals surface area (Å²) in [6.45, 7) is 4.43. The first-order chi connectivity index (χ1) is 11.1. The second-order valence-electron chi connectivity index (χ2n) is 5.68. The molecule has 2 aromatic heterocycles. The summed E-state index contributed by atoms with van der Waals surface area (Å²) < 4.78 is 3.37. The van der Waals surface area contributed by atoms with Crippen LogP contribution in [0.1, 0.15) is 43.1 Å². The van der Waals surface area contributed by atoms with Gasteiger partial charge in [-0.25, -0.2) is 9.36 Å². The van der Waals surface area contributed by atoms with E-state index in [4.69, 9.17) is 0 Å². The third-order valence-corrected chi connectivity index (χ3v) is 3.52. The maximum absolute atomic E-state index is 10.3. The Morgan fingerprint density at radius 2 is 1.87 bits per heavy atom. The Balaban J connectivity index is 1.69. The Kier molecular flexibility index (Phi) is 4.42. The molecule has 0 bridgehead atoms. The van der Waals surface area contributed by atoms with E-state index in [2.05, 4.69) is 25.8 Å². The predicted molar refractivity (Wildman–Crippen MR) is 82.4 cm³/mol. The van der Waals surface area contributed by atoms with E-state index < -0.39 is 6.10 Å². The van der Waals surface area contributed by atoms with Crippen molar-refractivity contribution < 1.29 is 5.11 Å². The molecule has 1 atom stereocenters. The number of aromatic nitrogens is 7. The van der Waals surface area contributed by atoms with Gasteiger partial charge >= 0.3 is 0 Å². The summed E-state index contributed by atoms with van der Waals surface area (Å²) in [6.07, 6.45) is 1.54. The van der Waals surface area contributed by atoms with Crippen molar-refractivity contribution in [1.82, 2.24) is 35.2 Å². The fraction of sp³-hybridized carbons (Fsp3) is 0.400. The molecule has 0 fully saturated rings. The zero-order valence-corrected chi connectivity index (χ0v) is 13.1. The summed E-state index contributed by atoms with van der Waals surface area (Å²) in [5, 5.41) is 30.0. The third-order valence-electron chi connectivity index (χ3n) is 3.52. The van der Waals surface area contributed by atoms with Crippen LogP contribution in [0.2, 0.25) is 0 Å². The first-order valence-corrected chi connectivity index (χ1v) is 7.52. The SMILES string of the molecule is CC(C)n1nnnc1Cn1cc(C(O)Cc2ccccc2)nn1. The van der Waals surface area contributed by atoms with Crippen LogP contribution in [0, 0.1) is 0 Å². The van der Waals surface area contributed by atoms with E-state index in [1.54, 1.807) is 15.6 Å². The number of nitrogens with zero attached hydrogens (tertiary/aromatic N) is 7. The number of benzene rings is 1. The molecule has 0 aliphatic carbocycles. The first-order valence-electron chi connectivity index (χ1n) is 7.52. The van der Waals surface area contributed by atoms with Crippen molar-refractivity contribution in [2.45, 2.75) is 39.0 Å². The lowest BCUT2D eigenvalue weighted by atomic mass is 10.1. The Morgan fingerprint density at radius 1 is 1.09 bits per heavy atom. The number of hydrogen-bond acceptors (Lipinski definition) is 6. The van der Waals surface area contributed by atoms with E-state index in [0.717, 1.165) is 5.56 Å². The zero-order valence-electron chi connectivity index (χ0n) is 13.1. The van der Waals surface area contributed by atoms with E-state index in [1.165, 1.54) is 0 Å². The van der Waals surface area contributed by atoms with Gasteiger partial charge in [0, 0.05) is 6.42 Å². The highest BCUT2D eigenvalue weighted by Gasteiger charge is 2.15. The molecule has 2 heterocycles. The number of tetrazole rings is 1. The van der Waals surface area contributed by atoms with E-state index in [-0.39, 0.29) is 6.04 Å². The molecule has 1 N–H and O–H groups in total. The minimum absolute atomic E-state index is 0.173. The first kappa shape index (κ1) is 15.3. The lowest BCUT2D eigenvalue weighted by Gasteiger charge is -2.07. The molecule has 0 saturated carbocycles. The van der Waals surface area contributed by atoms with Crippen molar-refractivity contribution in [2.75, 3.05) is 0 Å². The van der Waals surface area contributed by atoms with Crippen molar-refractivity contribution in [3.63, 3.8) is 0 Å². The van der Waals surface area contributed by atoms with Crippen LogP contribution in [0.25, 0.3) is 0 Å². The molecule has 0 saturated heterocycles. The smallest absolute Gasteiger partial charge is 0.173 e. The van der Waals surface area contributed by atoms with Crippen LogP contribution in [0.3, 0.4) is 0 Å². The lowest BCUT2D eigenvalue weighted by Crippen LogP contribution is -2.12. The Hall–Kier alpha value is -2.61. The van der Waals surface area contributed by atoms with Gasteiger partial charge in [0.25, 0.3) is 0 Å². The summed E-state index contributed by atoms with van der Waals surface area (Å²) >= 11 is 0. The van der Waals surface area contributed by atoms with E-state index in [9.17, 15) is 5.11 Å². The largest absolute Gasteiger partial charge is 0.386 e. The summed E-state index contributed by atoms with van der Waals surface area (Å²) in [7, 11) is 0. The van der Waals surface area contributed by atoms with Crippen LogP contribution in [-0.2, 0) is 13.0 Å². The van der Waals surface area contributed by atoms with Gasteiger partial charge in [-0.3, -0.25) is 0 Å². The minimum atomic E-state index is -0.688. The van der Waals surface area contributed by atoms with Crippen LogP contribution >= 0.6 is 0 Å². The normalized spacial score (nSPS) is 12.7. The van der Waals surface area contributed by atoms with E-state index in [0.29, 0.717) is 24.5 Å². The molecular formula is C15H19N7O. The van der Waals surface area contributed by atoms with Gasteiger partial charge in [0.05, 0.1) is 12.2 Å². The molecule has 3 rings (SSSR count). The molecule has 0 aliphatic heterocycles. The van der Waals surface area contributed by atoms with E-state index >= 15 is 0 Å². The molecule has 8 heteroatoms. The van der Waals surface area contributed by atoms with Crippen LogP contribution in [0.15, 0.2) is 36.5 Å². The van der Waals surface area contributed by atoms with Gasteiger partial charge in [-0.2, -0.15) is 0 Å². The molecule has 3 aromatic rings. The summed E-state index contributed by atoms with van der Waals surface area (Å²) in [6, 6.07) is 9.97. The monoisotopic (exact) mass is 313 g/mol. The molecule has 23 heavy (non-hydrogen) atoms. The van der Waals surface area contributed by atoms with Gasteiger partial charge in [-0.1, -0.05) is 35.5 Å². The minimum Gasteiger partial charge on any atom is -0.386 e. The summed E-state index contributed by atoms with van der Waals surface area (Å²) in [4.78, 5) is 0. The zero-order chi connectivity index (χ0) is 16.2. The lowest BCUT2D eigenvalue weighted by molar-refractivity contribution is 0.173. The van der Waals surface area contributed by atoms with Crippen molar-refractivity contribution in [3.05, 3.63) is 53.6 Å². The molecule has 8 nitrogen and oxygen atoms in total. The molecule has 0 amide bonds. The second kappa shape index (κ2) is 6.66. The van der Waals surface area contributed by atoms with Crippen LogP contribution in [-0.4, -0.2) is 40.3 Å². The molecule has 0 radical (unpaired) electrons. The summed E-state index contributed by atoms with van der Waals surface area (Å²) in [5.41, 5.74) is 1.59. The third kappa shape index (κ3) is 3.59. The molecule has 1 aromatic carbocycles. The van der Waals surface area contributed by atoms with E-state index in [1.807, 2.05) is 44.2 Å². The van der Waals surface area contributed by atoms with Gasteiger partial charge < -0.3 is 5.11 Å². The van der Waals surface area contributed by atoms with Crippen LogP contribution in [0.4, 0.5) is 0 Å². The highest BCUT2D eigenvalue weighted by atomic mass is 16.3. The average Bonchev–Trinajstić information content (AvgIpc) is 3.18. The predicted octanol–water partition coefficient (Wildman–Crippen LogP) is 1.17. The van der Waals surface area contributed by atoms with Crippen molar-refractivity contribution in [1.29, 1.82) is 0 Å². The van der Waals surface area contributed by atoms with Crippen LogP contribution < -0.4 is 0 Å². The van der Waals surface area contributed by atoms with Crippen molar-refractivity contribution in [3.8, 4) is 0 Å². The quantitative estimate of drug-likeness (QED) is 0.734.